The predicted molar refractivity (Wildman–Crippen MR) is 229 cm³/mol. The second kappa shape index (κ2) is 13.4. The zero-order chi connectivity index (χ0) is 38.6. The van der Waals surface area contributed by atoms with E-state index in [2.05, 4.69) is 133 Å². The molecule has 0 fully saturated rings. The number of aromatic nitrogens is 3. The number of fused-ring (bicyclic) bond motifs is 9. The number of para-hydroxylation sites is 2. The van der Waals surface area contributed by atoms with Gasteiger partial charge in [0, 0.05) is 27.8 Å². The monoisotopic (exact) mass is 740 g/mol. The van der Waals surface area contributed by atoms with Crippen LogP contribution < -0.4 is 4.74 Å². The summed E-state index contributed by atoms with van der Waals surface area (Å²) in [6, 6.07) is 69.0. The van der Waals surface area contributed by atoms with Crippen LogP contribution in [0.3, 0.4) is 0 Å². The first-order valence-electron chi connectivity index (χ1n) is 19.3. The Hall–Kier alpha value is -7.94. The molecule has 0 radical (unpaired) electrons. The normalized spacial score (nSPS) is 12.7. The Bertz CT molecular complexity index is 3070. The fraction of sp³-hybridized carbons (Fsp3) is 0.0189. The zero-order valence-corrected chi connectivity index (χ0v) is 31.2. The maximum atomic E-state index is 10.1. The number of rotatable bonds is 5. The van der Waals surface area contributed by atoms with Crippen LogP contribution in [0.4, 0.5) is 0 Å². The number of benzene rings is 8. The highest BCUT2D eigenvalue weighted by Gasteiger charge is 2.51. The molecule has 0 saturated heterocycles. The van der Waals surface area contributed by atoms with Gasteiger partial charge in [0.25, 0.3) is 0 Å². The molecule has 0 saturated carbocycles. The van der Waals surface area contributed by atoms with Gasteiger partial charge in [-0.05, 0) is 87.0 Å². The van der Waals surface area contributed by atoms with Crippen molar-refractivity contribution in [3.63, 3.8) is 0 Å². The molecule has 2 heterocycles. The summed E-state index contributed by atoms with van der Waals surface area (Å²) in [4.78, 5) is 15.2. The summed E-state index contributed by atoms with van der Waals surface area (Å²) in [6.07, 6.45) is 0. The molecule has 1 spiro atoms. The maximum Gasteiger partial charge on any atom is 0.164 e. The van der Waals surface area contributed by atoms with E-state index in [-0.39, 0.29) is 0 Å². The van der Waals surface area contributed by atoms with Gasteiger partial charge in [0.15, 0.2) is 17.5 Å². The van der Waals surface area contributed by atoms with Gasteiger partial charge in [-0.15, -0.1) is 0 Å². The molecule has 0 N–H and O–H groups in total. The van der Waals surface area contributed by atoms with Gasteiger partial charge in [-0.3, -0.25) is 0 Å². The minimum Gasteiger partial charge on any atom is -0.457 e. The Balaban J connectivity index is 1.08. The lowest BCUT2D eigenvalue weighted by molar-refractivity contribution is 0.436. The van der Waals surface area contributed by atoms with Gasteiger partial charge < -0.3 is 4.74 Å². The number of ether oxygens (including phenoxy) is 1. The molecule has 0 unspecified atom stereocenters. The van der Waals surface area contributed by atoms with Gasteiger partial charge in [-0.2, -0.15) is 5.26 Å². The van der Waals surface area contributed by atoms with Crippen molar-refractivity contribution in [3.05, 3.63) is 222 Å². The minimum atomic E-state index is -0.696. The van der Waals surface area contributed by atoms with Crippen molar-refractivity contribution in [3.8, 4) is 85.1 Å². The Morgan fingerprint density at radius 3 is 1.41 bits per heavy atom. The molecule has 11 rings (SSSR count). The first-order valence-corrected chi connectivity index (χ1v) is 19.3. The van der Waals surface area contributed by atoms with Crippen molar-refractivity contribution in [1.29, 1.82) is 5.26 Å². The summed E-state index contributed by atoms with van der Waals surface area (Å²) in [5.74, 6) is 3.44. The fourth-order valence-electron chi connectivity index (χ4n) is 8.80. The molecule has 8 aromatic carbocycles. The van der Waals surface area contributed by atoms with Crippen LogP contribution in [0.25, 0.3) is 67.5 Å². The van der Waals surface area contributed by atoms with Crippen molar-refractivity contribution >= 4 is 0 Å². The summed E-state index contributed by atoms with van der Waals surface area (Å²) in [5, 5.41) is 10.1. The maximum absolute atomic E-state index is 10.1. The fourth-order valence-corrected chi connectivity index (χ4v) is 8.80. The molecular formula is C53H32N4O. The molecule has 0 atom stereocenters. The van der Waals surface area contributed by atoms with Crippen molar-refractivity contribution in [2.24, 2.45) is 0 Å². The number of nitrogens with zero attached hydrogens (tertiary/aromatic N) is 4. The molecule has 9 aromatic rings. The molecule has 270 valence electrons. The molecule has 58 heavy (non-hydrogen) atoms. The van der Waals surface area contributed by atoms with E-state index in [4.69, 9.17) is 19.7 Å². The first-order chi connectivity index (χ1) is 28.7. The Kier molecular flexibility index (Phi) is 7.70. The Morgan fingerprint density at radius 2 is 0.810 bits per heavy atom. The van der Waals surface area contributed by atoms with Gasteiger partial charge in [0.2, 0.25) is 0 Å². The van der Waals surface area contributed by atoms with E-state index in [0.717, 1.165) is 83.8 Å². The second-order valence-corrected chi connectivity index (χ2v) is 14.7. The van der Waals surface area contributed by atoms with E-state index < -0.39 is 5.41 Å². The third-order valence-electron chi connectivity index (χ3n) is 11.4. The van der Waals surface area contributed by atoms with Crippen molar-refractivity contribution in [2.45, 2.75) is 5.41 Å². The number of hydrogen-bond acceptors (Lipinski definition) is 5. The number of hydrogen-bond donors (Lipinski definition) is 0. The van der Waals surface area contributed by atoms with E-state index in [0.29, 0.717) is 23.0 Å². The summed E-state index contributed by atoms with van der Waals surface area (Å²) in [7, 11) is 0. The van der Waals surface area contributed by atoms with Gasteiger partial charge >= 0.3 is 0 Å². The molecule has 1 aliphatic carbocycles. The molecule has 2 aliphatic rings. The van der Waals surface area contributed by atoms with Gasteiger partial charge in [-0.25, -0.2) is 15.0 Å². The molecule has 5 nitrogen and oxygen atoms in total. The van der Waals surface area contributed by atoms with E-state index in [1.165, 1.54) is 0 Å². The average Bonchev–Trinajstić information content (AvgIpc) is 3.58. The van der Waals surface area contributed by atoms with Crippen LogP contribution in [-0.2, 0) is 5.41 Å². The van der Waals surface area contributed by atoms with Crippen molar-refractivity contribution < 1.29 is 4.74 Å². The lowest BCUT2D eigenvalue weighted by atomic mass is 9.65. The minimum absolute atomic E-state index is 0.595. The van der Waals surface area contributed by atoms with Crippen LogP contribution in [0.5, 0.6) is 11.5 Å². The SMILES string of the molecule is N#Cc1ccc2c(c1)C1(c3ccccc3Oc3ccccc31)c1cc(-c3cccc(-c4nc(-c5ccccc5)nc(-c5cccc(-c6ccccc6)c5)n4)c3)ccc1-2. The summed E-state index contributed by atoms with van der Waals surface area (Å²) in [5.41, 5.74) is 13.6. The summed E-state index contributed by atoms with van der Waals surface area (Å²) < 4.78 is 6.56. The average molecular weight is 741 g/mol. The largest absolute Gasteiger partial charge is 0.457 e. The van der Waals surface area contributed by atoms with E-state index in [9.17, 15) is 5.26 Å². The number of nitriles is 1. The smallest absolute Gasteiger partial charge is 0.164 e. The van der Waals surface area contributed by atoms with Crippen molar-refractivity contribution in [1.82, 2.24) is 15.0 Å². The van der Waals surface area contributed by atoms with Crippen LogP contribution in [0.15, 0.2) is 194 Å². The molecule has 5 heteroatoms. The van der Waals surface area contributed by atoms with Gasteiger partial charge in [-0.1, -0.05) is 152 Å². The Labute approximate surface area is 336 Å². The topological polar surface area (TPSA) is 71.7 Å². The lowest BCUT2D eigenvalue weighted by Gasteiger charge is -2.39. The van der Waals surface area contributed by atoms with Gasteiger partial charge in [0.1, 0.15) is 11.5 Å². The van der Waals surface area contributed by atoms with Crippen LogP contribution in [0.2, 0.25) is 0 Å². The second-order valence-electron chi connectivity index (χ2n) is 14.7. The summed E-state index contributed by atoms with van der Waals surface area (Å²) in [6.45, 7) is 0. The Morgan fingerprint density at radius 1 is 0.362 bits per heavy atom. The van der Waals surface area contributed by atoms with Crippen LogP contribution >= 0.6 is 0 Å². The molecule has 0 amide bonds. The zero-order valence-electron chi connectivity index (χ0n) is 31.2. The van der Waals surface area contributed by atoms with Crippen LogP contribution in [0, 0.1) is 11.3 Å². The van der Waals surface area contributed by atoms with Crippen LogP contribution in [-0.4, -0.2) is 15.0 Å². The molecule has 1 aromatic heterocycles. The third kappa shape index (κ3) is 5.27. The predicted octanol–water partition coefficient (Wildman–Crippen LogP) is 12.5. The van der Waals surface area contributed by atoms with E-state index in [1.54, 1.807) is 0 Å². The highest BCUT2D eigenvalue weighted by Crippen LogP contribution is 2.62. The van der Waals surface area contributed by atoms with Crippen molar-refractivity contribution in [2.75, 3.05) is 0 Å². The first kappa shape index (κ1) is 33.4. The van der Waals surface area contributed by atoms with E-state index >= 15 is 0 Å². The summed E-state index contributed by atoms with van der Waals surface area (Å²) >= 11 is 0. The highest BCUT2D eigenvalue weighted by atomic mass is 16.5. The quantitative estimate of drug-likeness (QED) is 0.176. The molecule has 1 aliphatic heterocycles. The van der Waals surface area contributed by atoms with Gasteiger partial charge in [0.05, 0.1) is 17.0 Å². The standard InChI is InChI=1S/C53H32N4O/c54-33-34-25-27-42-43-28-26-39(32-47(43)53(46(42)29-34)44-21-7-9-23-48(44)58-49-24-10-8-22-45(49)53)38-18-12-20-41(31-38)52-56-50(36-15-5-2-6-16-36)55-51(57-52)40-19-11-17-37(30-40)35-13-3-1-4-14-35/h1-32H. The highest BCUT2D eigenvalue weighted by molar-refractivity contribution is 5.91. The van der Waals surface area contributed by atoms with Crippen LogP contribution in [0.1, 0.15) is 27.8 Å². The van der Waals surface area contributed by atoms with E-state index in [1.807, 2.05) is 66.7 Å². The molecule has 0 bridgehead atoms. The molecular weight excluding hydrogens is 709 g/mol. The lowest BCUT2D eigenvalue weighted by Crippen LogP contribution is -2.32. The third-order valence-corrected chi connectivity index (χ3v) is 11.4.